The molecule has 1 atom stereocenters. The molecule has 0 radical (unpaired) electrons. The van der Waals surface area contributed by atoms with Crippen molar-refractivity contribution in [1.29, 1.82) is 0 Å². The molecule has 0 saturated carbocycles. The van der Waals surface area contributed by atoms with E-state index in [0.29, 0.717) is 5.56 Å². The number of hydrogen-bond donors (Lipinski definition) is 1. The first-order valence-electron chi connectivity index (χ1n) is 7.15. The van der Waals surface area contributed by atoms with Gasteiger partial charge in [-0.25, -0.2) is 0 Å². The lowest BCUT2D eigenvalue weighted by Gasteiger charge is -2.16. The third kappa shape index (κ3) is 2.75. The van der Waals surface area contributed by atoms with Crippen molar-refractivity contribution in [3.8, 4) is 5.69 Å². The maximum Gasteiger partial charge on any atom is 0.186 e. The molecule has 112 valence electrons. The highest BCUT2D eigenvalue weighted by molar-refractivity contribution is 7.10. The summed E-state index contributed by atoms with van der Waals surface area (Å²) in [7, 11) is 0. The van der Waals surface area contributed by atoms with Gasteiger partial charge in [0.1, 0.15) is 0 Å². The van der Waals surface area contributed by atoms with Crippen LogP contribution in [0.2, 0.25) is 0 Å². The van der Waals surface area contributed by atoms with Crippen LogP contribution in [-0.2, 0) is 0 Å². The lowest BCUT2D eigenvalue weighted by molar-refractivity contribution is 0.843. The lowest BCUT2D eigenvalue weighted by Crippen LogP contribution is -2.22. The van der Waals surface area contributed by atoms with Gasteiger partial charge < -0.3 is 10.3 Å². The molecule has 3 rings (SSSR count). The quantitative estimate of drug-likeness (QED) is 0.804. The van der Waals surface area contributed by atoms with Crippen LogP contribution in [0.5, 0.6) is 0 Å². The average molecular weight is 310 g/mol. The van der Waals surface area contributed by atoms with E-state index in [1.54, 1.807) is 17.4 Å². The molecule has 0 aliphatic rings. The summed E-state index contributed by atoms with van der Waals surface area (Å²) in [6.07, 6.45) is 1.87. The molecular weight excluding hydrogens is 292 g/mol. The van der Waals surface area contributed by atoms with Gasteiger partial charge in [0.05, 0.1) is 6.04 Å². The first-order chi connectivity index (χ1) is 10.6. The Hall–Kier alpha value is -2.17. The number of aryl methyl sites for hydroxylation is 2. The lowest BCUT2D eigenvalue weighted by atomic mass is 10.1. The van der Waals surface area contributed by atoms with Gasteiger partial charge in [-0.1, -0.05) is 23.8 Å². The summed E-state index contributed by atoms with van der Waals surface area (Å²) in [5.74, 6) is 0. The van der Waals surface area contributed by atoms with Gasteiger partial charge in [0.15, 0.2) is 5.43 Å². The SMILES string of the molecule is Cc1ccc(-n2cc(C(N)c3cccs3)c(=O)cc2C)cc1. The second kappa shape index (κ2) is 5.91. The van der Waals surface area contributed by atoms with Crippen molar-refractivity contribution >= 4 is 11.3 Å². The minimum Gasteiger partial charge on any atom is -0.321 e. The molecule has 3 aromatic rings. The normalized spacial score (nSPS) is 12.3. The number of aromatic nitrogens is 1. The Morgan fingerprint density at radius 3 is 2.50 bits per heavy atom. The number of nitrogens with two attached hydrogens (primary N) is 1. The molecule has 0 aliphatic carbocycles. The van der Waals surface area contributed by atoms with Crippen LogP contribution in [0.1, 0.15) is 27.7 Å². The summed E-state index contributed by atoms with van der Waals surface area (Å²) in [6, 6.07) is 13.4. The Labute approximate surface area is 133 Å². The maximum absolute atomic E-state index is 12.3. The minimum absolute atomic E-state index is 0.0123. The zero-order valence-electron chi connectivity index (χ0n) is 12.6. The van der Waals surface area contributed by atoms with Crippen LogP contribution in [0.15, 0.2) is 58.8 Å². The van der Waals surface area contributed by atoms with Crippen molar-refractivity contribution in [3.63, 3.8) is 0 Å². The van der Waals surface area contributed by atoms with Gasteiger partial charge in [0, 0.05) is 34.1 Å². The Kier molecular flexibility index (Phi) is 3.96. The number of benzene rings is 1. The molecule has 0 fully saturated rings. The van der Waals surface area contributed by atoms with E-state index in [-0.39, 0.29) is 11.5 Å². The third-order valence-electron chi connectivity index (χ3n) is 3.77. The van der Waals surface area contributed by atoms with E-state index >= 15 is 0 Å². The molecular formula is C18H18N2OS. The van der Waals surface area contributed by atoms with Gasteiger partial charge in [-0.2, -0.15) is 0 Å². The zero-order valence-corrected chi connectivity index (χ0v) is 13.4. The fourth-order valence-electron chi connectivity index (χ4n) is 2.49. The Bertz CT molecular complexity index is 833. The predicted octanol–water partition coefficient (Wildman–Crippen LogP) is 3.56. The van der Waals surface area contributed by atoms with Crippen molar-refractivity contribution < 1.29 is 0 Å². The van der Waals surface area contributed by atoms with E-state index in [1.165, 1.54) is 5.56 Å². The van der Waals surface area contributed by atoms with E-state index in [1.807, 2.05) is 47.3 Å². The van der Waals surface area contributed by atoms with Crippen molar-refractivity contribution in [2.45, 2.75) is 19.9 Å². The number of thiophene rings is 1. The maximum atomic E-state index is 12.3. The minimum atomic E-state index is -0.384. The molecule has 0 spiro atoms. The summed E-state index contributed by atoms with van der Waals surface area (Å²) >= 11 is 1.57. The molecule has 0 amide bonds. The summed E-state index contributed by atoms with van der Waals surface area (Å²) in [5, 5.41) is 1.97. The first-order valence-corrected chi connectivity index (χ1v) is 8.03. The molecule has 3 nitrogen and oxygen atoms in total. The molecule has 0 bridgehead atoms. The molecule has 2 N–H and O–H groups in total. The molecule has 2 aromatic heterocycles. The van der Waals surface area contributed by atoms with Crippen molar-refractivity contribution in [1.82, 2.24) is 4.57 Å². The highest BCUT2D eigenvalue weighted by Gasteiger charge is 2.15. The number of pyridine rings is 1. The van der Waals surface area contributed by atoms with Crippen molar-refractivity contribution in [3.05, 3.63) is 86.0 Å². The van der Waals surface area contributed by atoms with E-state index in [0.717, 1.165) is 16.3 Å². The number of hydrogen-bond acceptors (Lipinski definition) is 3. The van der Waals surface area contributed by atoms with Gasteiger partial charge in [-0.3, -0.25) is 4.79 Å². The topological polar surface area (TPSA) is 48.0 Å². The van der Waals surface area contributed by atoms with Crippen LogP contribution in [-0.4, -0.2) is 4.57 Å². The Morgan fingerprint density at radius 1 is 1.14 bits per heavy atom. The first kappa shape index (κ1) is 14.8. The molecule has 4 heteroatoms. The van der Waals surface area contributed by atoms with Crippen LogP contribution in [0.4, 0.5) is 0 Å². The number of nitrogens with zero attached hydrogens (tertiary/aromatic N) is 1. The van der Waals surface area contributed by atoms with Crippen molar-refractivity contribution in [2.24, 2.45) is 5.73 Å². The van der Waals surface area contributed by atoms with E-state index in [4.69, 9.17) is 5.73 Å². The van der Waals surface area contributed by atoms with Gasteiger partial charge in [0.25, 0.3) is 0 Å². The second-order valence-electron chi connectivity index (χ2n) is 5.43. The third-order valence-corrected chi connectivity index (χ3v) is 4.72. The van der Waals surface area contributed by atoms with Gasteiger partial charge in [-0.15, -0.1) is 11.3 Å². The van der Waals surface area contributed by atoms with Gasteiger partial charge in [-0.05, 0) is 37.4 Å². The molecule has 1 unspecified atom stereocenters. The highest BCUT2D eigenvalue weighted by atomic mass is 32.1. The van der Waals surface area contributed by atoms with Crippen LogP contribution in [0, 0.1) is 13.8 Å². The largest absolute Gasteiger partial charge is 0.321 e. The van der Waals surface area contributed by atoms with Gasteiger partial charge >= 0.3 is 0 Å². The van der Waals surface area contributed by atoms with E-state index in [9.17, 15) is 4.79 Å². The number of rotatable bonds is 3. The monoisotopic (exact) mass is 310 g/mol. The molecule has 1 aromatic carbocycles. The van der Waals surface area contributed by atoms with Crippen molar-refractivity contribution in [2.75, 3.05) is 0 Å². The second-order valence-corrected chi connectivity index (χ2v) is 6.41. The predicted molar refractivity (Wildman–Crippen MR) is 91.9 cm³/mol. The van der Waals surface area contributed by atoms with E-state index < -0.39 is 0 Å². The summed E-state index contributed by atoms with van der Waals surface area (Å²) in [6.45, 7) is 3.99. The summed E-state index contributed by atoms with van der Waals surface area (Å²) in [4.78, 5) is 13.3. The molecule has 0 saturated heterocycles. The standard InChI is InChI=1S/C18H18N2OS/c1-12-5-7-14(8-6-12)20-11-15(16(21)10-13(20)2)18(19)17-4-3-9-22-17/h3-11,18H,19H2,1-2H3. The van der Waals surface area contributed by atoms with Crippen LogP contribution in [0.3, 0.4) is 0 Å². The average Bonchev–Trinajstić information content (AvgIpc) is 3.02. The van der Waals surface area contributed by atoms with E-state index in [2.05, 4.69) is 19.1 Å². The molecule has 22 heavy (non-hydrogen) atoms. The van der Waals surface area contributed by atoms with Crippen LogP contribution in [0.25, 0.3) is 5.69 Å². The molecule has 2 heterocycles. The smallest absolute Gasteiger partial charge is 0.186 e. The van der Waals surface area contributed by atoms with Crippen LogP contribution >= 0.6 is 11.3 Å². The molecule has 0 aliphatic heterocycles. The Morgan fingerprint density at radius 2 is 1.86 bits per heavy atom. The van der Waals surface area contributed by atoms with Crippen LogP contribution < -0.4 is 11.2 Å². The summed E-state index contributed by atoms with van der Waals surface area (Å²) < 4.78 is 2.02. The summed E-state index contributed by atoms with van der Waals surface area (Å²) in [5.41, 5.74) is 10.0. The fraction of sp³-hybridized carbons (Fsp3) is 0.167. The zero-order chi connectivity index (χ0) is 15.7. The van der Waals surface area contributed by atoms with Gasteiger partial charge in [0.2, 0.25) is 0 Å². The Balaban J connectivity index is 2.11. The highest BCUT2D eigenvalue weighted by Crippen LogP contribution is 2.23. The fourth-order valence-corrected chi connectivity index (χ4v) is 3.23.